The summed E-state index contributed by atoms with van der Waals surface area (Å²) in [7, 11) is 0. The van der Waals surface area contributed by atoms with Crippen LogP contribution >= 0.6 is 0 Å². The number of aromatic nitrogens is 3. The van der Waals surface area contributed by atoms with E-state index >= 15 is 0 Å². The summed E-state index contributed by atoms with van der Waals surface area (Å²) in [5.41, 5.74) is 0.284. The van der Waals surface area contributed by atoms with Crippen molar-refractivity contribution in [2.24, 2.45) is 0 Å². The summed E-state index contributed by atoms with van der Waals surface area (Å²) in [6, 6.07) is 7.05. The van der Waals surface area contributed by atoms with Gasteiger partial charge in [0.2, 0.25) is 11.7 Å². The minimum Gasteiger partial charge on any atom is -0.461 e. The minimum atomic E-state index is -0.145. The van der Waals surface area contributed by atoms with Crippen molar-refractivity contribution in [3.8, 4) is 11.5 Å². The number of rotatable bonds is 4. The summed E-state index contributed by atoms with van der Waals surface area (Å²) in [6.07, 6.45) is 3.34. The third kappa shape index (κ3) is 3.73. The molecule has 156 valence electrons. The Bertz CT molecular complexity index is 990. The van der Waals surface area contributed by atoms with Crippen molar-refractivity contribution in [2.75, 3.05) is 62.3 Å². The topological polar surface area (TPSA) is 101 Å². The van der Waals surface area contributed by atoms with Gasteiger partial charge in [0.25, 0.3) is 5.91 Å². The quantitative estimate of drug-likeness (QED) is 0.633. The molecule has 0 unspecified atom stereocenters. The molecule has 2 aliphatic rings. The SMILES string of the molecule is O=C(c1cc(-c2ccco2)on1)N1CCN(c2ccnc(N3CCOCC3)n2)CC1. The number of hydrogen-bond acceptors (Lipinski definition) is 9. The van der Waals surface area contributed by atoms with Crippen molar-refractivity contribution in [1.82, 2.24) is 20.0 Å². The van der Waals surface area contributed by atoms with E-state index in [0.29, 0.717) is 50.9 Å². The number of ether oxygens (including phenoxy) is 1. The number of hydrogen-bond donors (Lipinski definition) is 0. The molecule has 3 aromatic rings. The molecular formula is C20H22N6O4. The van der Waals surface area contributed by atoms with Crippen LogP contribution in [0.15, 0.2) is 45.7 Å². The molecule has 0 aromatic carbocycles. The van der Waals surface area contributed by atoms with Gasteiger partial charge < -0.3 is 28.4 Å². The molecule has 0 spiro atoms. The van der Waals surface area contributed by atoms with E-state index < -0.39 is 0 Å². The first-order valence-corrected chi connectivity index (χ1v) is 9.98. The van der Waals surface area contributed by atoms with Gasteiger partial charge in [-0.05, 0) is 18.2 Å². The van der Waals surface area contributed by atoms with E-state index in [-0.39, 0.29) is 11.6 Å². The predicted octanol–water partition coefficient (Wildman–Crippen LogP) is 1.52. The molecule has 10 heteroatoms. The summed E-state index contributed by atoms with van der Waals surface area (Å²) in [5.74, 6) is 2.44. The van der Waals surface area contributed by atoms with Crippen LogP contribution in [-0.2, 0) is 4.74 Å². The van der Waals surface area contributed by atoms with Gasteiger partial charge in [0.1, 0.15) is 5.82 Å². The van der Waals surface area contributed by atoms with Crippen LogP contribution in [0.4, 0.5) is 11.8 Å². The Morgan fingerprint density at radius 2 is 1.80 bits per heavy atom. The van der Waals surface area contributed by atoms with Crippen molar-refractivity contribution < 1.29 is 18.5 Å². The lowest BCUT2D eigenvalue weighted by atomic mass is 10.2. The highest BCUT2D eigenvalue weighted by Crippen LogP contribution is 2.22. The third-order valence-electron chi connectivity index (χ3n) is 5.31. The van der Waals surface area contributed by atoms with Crippen LogP contribution in [0.3, 0.4) is 0 Å². The zero-order chi connectivity index (χ0) is 20.3. The fourth-order valence-corrected chi connectivity index (χ4v) is 3.64. The monoisotopic (exact) mass is 410 g/mol. The molecule has 0 bridgehead atoms. The number of nitrogens with zero attached hydrogens (tertiary/aromatic N) is 6. The fourth-order valence-electron chi connectivity index (χ4n) is 3.64. The van der Waals surface area contributed by atoms with Crippen molar-refractivity contribution in [3.63, 3.8) is 0 Å². The molecule has 0 aliphatic carbocycles. The Morgan fingerprint density at radius 3 is 2.57 bits per heavy atom. The number of carbonyl (C=O) groups excluding carboxylic acids is 1. The van der Waals surface area contributed by atoms with Gasteiger partial charge in [-0.15, -0.1) is 0 Å². The lowest BCUT2D eigenvalue weighted by Crippen LogP contribution is -2.49. The van der Waals surface area contributed by atoms with E-state index in [0.717, 1.165) is 24.9 Å². The average Bonchev–Trinajstić information content (AvgIpc) is 3.52. The minimum absolute atomic E-state index is 0.145. The molecule has 10 nitrogen and oxygen atoms in total. The number of anilines is 2. The Morgan fingerprint density at radius 1 is 0.967 bits per heavy atom. The molecule has 5 heterocycles. The van der Waals surface area contributed by atoms with Gasteiger partial charge in [-0.2, -0.15) is 4.98 Å². The first-order chi connectivity index (χ1) is 14.8. The second-order valence-corrected chi connectivity index (χ2v) is 7.15. The maximum absolute atomic E-state index is 12.8. The lowest BCUT2D eigenvalue weighted by Gasteiger charge is -2.35. The van der Waals surface area contributed by atoms with Crippen LogP contribution in [0, 0.1) is 0 Å². The van der Waals surface area contributed by atoms with E-state index in [1.54, 1.807) is 35.6 Å². The van der Waals surface area contributed by atoms with Crippen molar-refractivity contribution in [2.45, 2.75) is 0 Å². The third-order valence-corrected chi connectivity index (χ3v) is 5.31. The highest BCUT2D eigenvalue weighted by atomic mass is 16.5. The van der Waals surface area contributed by atoms with Gasteiger partial charge in [0.15, 0.2) is 11.5 Å². The summed E-state index contributed by atoms with van der Waals surface area (Å²) in [5, 5.41) is 3.91. The van der Waals surface area contributed by atoms with E-state index in [2.05, 4.69) is 19.9 Å². The van der Waals surface area contributed by atoms with E-state index in [4.69, 9.17) is 18.7 Å². The van der Waals surface area contributed by atoms with Crippen LogP contribution in [0.25, 0.3) is 11.5 Å². The van der Waals surface area contributed by atoms with Crippen molar-refractivity contribution in [3.05, 3.63) is 42.4 Å². The highest BCUT2D eigenvalue weighted by molar-refractivity contribution is 5.93. The number of piperazine rings is 1. The van der Waals surface area contributed by atoms with Crippen molar-refractivity contribution >= 4 is 17.7 Å². The summed E-state index contributed by atoms with van der Waals surface area (Å²) in [4.78, 5) is 28.0. The Hall–Kier alpha value is -3.40. The van der Waals surface area contributed by atoms with Gasteiger partial charge >= 0.3 is 0 Å². The molecule has 2 fully saturated rings. The normalized spacial score (nSPS) is 17.4. The van der Waals surface area contributed by atoms with E-state index in [1.165, 1.54) is 0 Å². The second kappa shape index (κ2) is 8.15. The standard InChI is InChI=1S/C20H22N6O4/c27-19(15-14-17(30-23-15)16-2-1-11-29-16)25-7-5-24(6-8-25)18-3-4-21-20(22-18)26-9-12-28-13-10-26/h1-4,11,14H,5-10,12-13H2. The second-order valence-electron chi connectivity index (χ2n) is 7.15. The Balaban J connectivity index is 1.22. The molecule has 3 aromatic heterocycles. The van der Waals surface area contributed by atoms with Gasteiger partial charge in [-0.1, -0.05) is 5.16 Å². The predicted molar refractivity (Wildman–Crippen MR) is 107 cm³/mol. The van der Waals surface area contributed by atoms with Crippen molar-refractivity contribution in [1.29, 1.82) is 0 Å². The Kier molecular flexibility index (Phi) is 5.06. The van der Waals surface area contributed by atoms with Gasteiger partial charge in [0, 0.05) is 51.5 Å². The van der Waals surface area contributed by atoms with Crippen LogP contribution in [0.1, 0.15) is 10.5 Å². The molecule has 0 N–H and O–H groups in total. The van der Waals surface area contributed by atoms with Gasteiger partial charge in [-0.3, -0.25) is 4.79 Å². The molecule has 2 aliphatic heterocycles. The fraction of sp³-hybridized carbons (Fsp3) is 0.400. The number of furan rings is 1. The number of amides is 1. The van der Waals surface area contributed by atoms with Gasteiger partial charge in [0.05, 0.1) is 19.5 Å². The largest absolute Gasteiger partial charge is 0.461 e. The first kappa shape index (κ1) is 18.6. The van der Waals surface area contributed by atoms with Crippen LogP contribution in [0.2, 0.25) is 0 Å². The first-order valence-electron chi connectivity index (χ1n) is 9.98. The summed E-state index contributed by atoms with van der Waals surface area (Å²) < 4.78 is 15.9. The number of morpholine rings is 1. The summed E-state index contributed by atoms with van der Waals surface area (Å²) in [6.45, 7) is 5.52. The van der Waals surface area contributed by atoms with Gasteiger partial charge in [-0.25, -0.2) is 4.98 Å². The van der Waals surface area contributed by atoms with E-state index in [1.807, 2.05) is 6.07 Å². The molecule has 0 saturated carbocycles. The average molecular weight is 410 g/mol. The number of carbonyl (C=O) groups is 1. The molecule has 1 amide bonds. The highest BCUT2D eigenvalue weighted by Gasteiger charge is 2.26. The zero-order valence-corrected chi connectivity index (χ0v) is 16.4. The zero-order valence-electron chi connectivity index (χ0n) is 16.4. The molecule has 2 saturated heterocycles. The van der Waals surface area contributed by atoms with E-state index in [9.17, 15) is 4.79 Å². The molecular weight excluding hydrogens is 388 g/mol. The smallest absolute Gasteiger partial charge is 0.276 e. The molecule has 0 atom stereocenters. The molecule has 30 heavy (non-hydrogen) atoms. The van der Waals surface area contributed by atoms with Crippen LogP contribution < -0.4 is 9.80 Å². The van der Waals surface area contributed by atoms with Crippen LogP contribution in [0.5, 0.6) is 0 Å². The van der Waals surface area contributed by atoms with Crippen LogP contribution in [-0.4, -0.2) is 78.4 Å². The summed E-state index contributed by atoms with van der Waals surface area (Å²) >= 11 is 0. The molecule has 0 radical (unpaired) electrons. The maximum atomic E-state index is 12.8. The lowest BCUT2D eigenvalue weighted by molar-refractivity contribution is 0.0736. The molecule has 5 rings (SSSR count). The maximum Gasteiger partial charge on any atom is 0.276 e. The Labute approximate surface area is 173 Å².